The van der Waals surface area contributed by atoms with E-state index < -0.39 is 0 Å². The molecular formula is C20H31N4OS+. The van der Waals surface area contributed by atoms with Crippen molar-refractivity contribution in [1.82, 2.24) is 14.3 Å². The van der Waals surface area contributed by atoms with Crippen LogP contribution in [-0.4, -0.2) is 34.5 Å². The standard InChI is InChI=1S/C20H30N4OS/c1-16(2)24-19(17-9-11-18(25-3)12-10-17)21-23(20(24)26)15-22-13-7-5-4-6-8-14-22/h9-12,16H,4-8,13-15H2,1-3H3/p+1. The van der Waals surface area contributed by atoms with Crippen LogP contribution in [0.25, 0.3) is 11.4 Å². The van der Waals surface area contributed by atoms with Gasteiger partial charge in [0.25, 0.3) is 0 Å². The summed E-state index contributed by atoms with van der Waals surface area (Å²) in [5.41, 5.74) is 1.08. The van der Waals surface area contributed by atoms with Crippen molar-refractivity contribution >= 4 is 12.2 Å². The molecule has 0 saturated carbocycles. The maximum atomic E-state index is 5.79. The lowest BCUT2D eigenvalue weighted by Gasteiger charge is -2.21. The van der Waals surface area contributed by atoms with Gasteiger partial charge < -0.3 is 9.64 Å². The summed E-state index contributed by atoms with van der Waals surface area (Å²) < 4.78 is 10.3. The van der Waals surface area contributed by atoms with Gasteiger partial charge in [0.1, 0.15) is 5.75 Å². The van der Waals surface area contributed by atoms with E-state index in [1.165, 1.54) is 45.2 Å². The van der Waals surface area contributed by atoms with Crippen LogP contribution in [0.15, 0.2) is 24.3 Å². The number of quaternary nitrogens is 1. The SMILES string of the molecule is COc1ccc(-c2nn(C[NH+]3CCCCCCC3)c(=S)n2C(C)C)cc1. The Labute approximate surface area is 161 Å². The van der Waals surface area contributed by atoms with E-state index in [1.54, 1.807) is 12.0 Å². The number of benzene rings is 1. The third-order valence-corrected chi connectivity index (χ3v) is 5.58. The second kappa shape index (κ2) is 8.82. The highest BCUT2D eigenvalue weighted by atomic mass is 32.1. The summed E-state index contributed by atoms with van der Waals surface area (Å²) in [6, 6.07) is 8.34. The molecule has 1 N–H and O–H groups in total. The molecule has 0 amide bonds. The number of likely N-dealkylation sites (tertiary alicyclic amines) is 1. The fourth-order valence-electron chi connectivity index (χ4n) is 3.70. The molecule has 5 nitrogen and oxygen atoms in total. The monoisotopic (exact) mass is 375 g/mol. The van der Waals surface area contributed by atoms with Crippen molar-refractivity contribution in [1.29, 1.82) is 0 Å². The zero-order valence-electron chi connectivity index (χ0n) is 16.2. The predicted octanol–water partition coefficient (Wildman–Crippen LogP) is 3.48. The van der Waals surface area contributed by atoms with Crippen molar-refractivity contribution in [3.63, 3.8) is 0 Å². The van der Waals surface area contributed by atoms with Crippen LogP contribution in [0, 0.1) is 4.77 Å². The number of ether oxygens (including phenoxy) is 1. The number of rotatable bonds is 5. The topological polar surface area (TPSA) is 36.4 Å². The van der Waals surface area contributed by atoms with Crippen LogP contribution in [0.4, 0.5) is 0 Å². The van der Waals surface area contributed by atoms with Crippen LogP contribution in [-0.2, 0) is 6.67 Å². The molecule has 0 atom stereocenters. The quantitative estimate of drug-likeness (QED) is 0.813. The number of methoxy groups -OCH3 is 1. The summed E-state index contributed by atoms with van der Waals surface area (Å²) in [5.74, 6) is 1.80. The van der Waals surface area contributed by atoms with Crippen molar-refractivity contribution in [2.75, 3.05) is 20.2 Å². The van der Waals surface area contributed by atoms with E-state index in [1.807, 2.05) is 16.8 Å². The number of nitrogens with zero attached hydrogens (tertiary/aromatic N) is 3. The van der Waals surface area contributed by atoms with Crippen LogP contribution in [0.5, 0.6) is 5.75 Å². The largest absolute Gasteiger partial charge is 0.497 e. The van der Waals surface area contributed by atoms with E-state index in [-0.39, 0.29) is 6.04 Å². The number of aromatic nitrogens is 3. The van der Waals surface area contributed by atoms with Crippen molar-refractivity contribution in [2.24, 2.45) is 0 Å². The maximum Gasteiger partial charge on any atom is 0.203 e. The summed E-state index contributed by atoms with van der Waals surface area (Å²) in [4.78, 5) is 1.59. The van der Waals surface area contributed by atoms with E-state index in [2.05, 4.69) is 30.5 Å². The van der Waals surface area contributed by atoms with Crippen molar-refractivity contribution in [3.8, 4) is 17.1 Å². The maximum absolute atomic E-state index is 5.79. The summed E-state index contributed by atoms with van der Waals surface area (Å²) in [6.07, 6.45) is 6.70. The van der Waals surface area contributed by atoms with Gasteiger partial charge >= 0.3 is 0 Å². The van der Waals surface area contributed by atoms with Gasteiger partial charge in [-0.15, -0.1) is 5.10 Å². The van der Waals surface area contributed by atoms with E-state index >= 15 is 0 Å². The van der Waals surface area contributed by atoms with E-state index in [9.17, 15) is 0 Å². The van der Waals surface area contributed by atoms with Gasteiger partial charge in [0, 0.05) is 11.6 Å². The molecule has 1 aromatic heterocycles. The van der Waals surface area contributed by atoms with Crippen LogP contribution in [0.1, 0.15) is 52.0 Å². The van der Waals surface area contributed by atoms with Gasteiger partial charge in [0.05, 0.1) is 20.2 Å². The van der Waals surface area contributed by atoms with Crippen molar-refractivity contribution in [2.45, 2.75) is 58.7 Å². The number of hydrogen-bond acceptors (Lipinski definition) is 3. The zero-order chi connectivity index (χ0) is 18.5. The first-order valence-corrected chi connectivity index (χ1v) is 10.2. The predicted molar refractivity (Wildman–Crippen MR) is 107 cm³/mol. The van der Waals surface area contributed by atoms with Gasteiger partial charge in [-0.3, -0.25) is 4.57 Å². The average Bonchev–Trinajstić information content (AvgIpc) is 2.94. The van der Waals surface area contributed by atoms with Crippen molar-refractivity contribution in [3.05, 3.63) is 29.0 Å². The Morgan fingerprint density at radius 3 is 2.27 bits per heavy atom. The Morgan fingerprint density at radius 2 is 1.69 bits per heavy atom. The smallest absolute Gasteiger partial charge is 0.203 e. The molecule has 2 heterocycles. The minimum atomic E-state index is 0.274. The molecule has 142 valence electrons. The Balaban J connectivity index is 1.90. The second-order valence-electron chi connectivity index (χ2n) is 7.47. The molecule has 1 aliphatic heterocycles. The summed E-state index contributed by atoms with van der Waals surface area (Å²) in [7, 11) is 1.69. The van der Waals surface area contributed by atoms with E-state index in [0.29, 0.717) is 0 Å². The van der Waals surface area contributed by atoms with E-state index in [4.69, 9.17) is 22.1 Å². The molecule has 1 aliphatic rings. The van der Waals surface area contributed by atoms with Gasteiger partial charge in [0.15, 0.2) is 12.5 Å². The normalized spacial score (nSPS) is 16.5. The third kappa shape index (κ3) is 4.35. The summed E-state index contributed by atoms with van der Waals surface area (Å²) in [5, 5.41) is 4.92. The molecule has 0 radical (unpaired) electrons. The molecule has 0 aliphatic carbocycles. The van der Waals surface area contributed by atoms with Gasteiger partial charge in [-0.05, 0) is 76.0 Å². The Kier molecular flexibility index (Phi) is 6.48. The highest BCUT2D eigenvalue weighted by Crippen LogP contribution is 2.24. The van der Waals surface area contributed by atoms with Crippen LogP contribution < -0.4 is 9.64 Å². The average molecular weight is 376 g/mol. The van der Waals surface area contributed by atoms with Gasteiger partial charge in [-0.2, -0.15) is 4.68 Å². The lowest BCUT2D eigenvalue weighted by atomic mass is 10.1. The first-order valence-electron chi connectivity index (χ1n) is 9.77. The first-order chi connectivity index (χ1) is 12.6. The minimum absolute atomic E-state index is 0.274. The molecule has 1 saturated heterocycles. The van der Waals surface area contributed by atoms with Gasteiger partial charge in [0.2, 0.25) is 4.77 Å². The Morgan fingerprint density at radius 1 is 1.08 bits per heavy atom. The highest BCUT2D eigenvalue weighted by Gasteiger charge is 2.19. The van der Waals surface area contributed by atoms with Crippen molar-refractivity contribution < 1.29 is 9.64 Å². The molecule has 0 spiro atoms. The van der Waals surface area contributed by atoms with Gasteiger partial charge in [-0.1, -0.05) is 6.42 Å². The van der Waals surface area contributed by atoms with Crippen LogP contribution >= 0.6 is 12.2 Å². The Hall–Kier alpha value is -1.66. The fraction of sp³-hybridized carbons (Fsp3) is 0.600. The second-order valence-corrected chi connectivity index (χ2v) is 7.84. The van der Waals surface area contributed by atoms with E-state index in [0.717, 1.165) is 28.6 Å². The minimum Gasteiger partial charge on any atom is -0.497 e. The molecule has 1 fully saturated rings. The summed E-state index contributed by atoms with van der Waals surface area (Å²) in [6.45, 7) is 7.62. The number of hydrogen-bond donors (Lipinski definition) is 1. The Bertz CT molecular complexity index is 755. The molecule has 0 unspecified atom stereocenters. The zero-order valence-corrected chi connectivity index (χ0v) is 17.0. The molecule has 26 heavy (non-hydrogen) atoms. The summed E-state index contributed by atoms with van der Waals surface area (Å²) >= 11 is 5.79. The molecule has 1 aromatic carbocycles. The lowest BCUT2D eigenvalue weighted by Crippen LogP contribution is -3.11. The lowest BCUT2D eigenvalue weighted by molar-refractivity contribution is -0.924. The molecule has 2 aromatic rings. The molecule has 0 bridgehead atoms. The number of nitrogens with one attached hydrogen (secondary N) is 1. The van der Waals surface area contributed by atoms with Crippen LogP contribution in [0.2, 0.25) is 0 Å². The van der Waals surface area contributed by atoms with Gasteiger partial charge in [-0.25, -0.2) is 0 Å². The van der Waals surface area contributed by atoms with Crippen LogP contribution in [0.3, 0.4) is 0 Å². The third-order valence-electron chi connectivity index (χ3n) is 5.17. The first kappa shape index (κ1) is 19.1. The molecule has 6 heteroatoms. The highest BCUT2D eigenvalue weighted by molar-refractivity contribution is 7.71. The fourth-order valence-corrected chi connectivity index (χ4v) is 4.10. The molecular weight excluding hydrogens is 344 g/mol. The molecule has 3 rings (SSSR count).